The summed E-state index contributed by atoms with van der Waals surface area (Å²) in [4.78, 5) is 4.61. The van der Waals surface area contributed by atoms with Gasteiger partial charge in [-0.2, -0.15) is 0 Å². The monoisotopic (exact) mass is 718 g/mol. The van der Waals surface area contributed by atoms with E-state index in [-0.39, 0.29) is 11.3 Å². The van der Waals surface area contributed by atoms with Crippen molar-refractivity contribution in [3.05, 3.63) is 229 Å². The Bertz CT molecular complexity index is 2260. The molecule has 0 saturated heterocycles. The van der Waals surface area contributed by atoms with Crippen LogP contribution in [-0.2, 0) is 11.8 Å². The molecule has 2 nitrogen and oxygen atoms in total. The van der Waals surface area contributed by atoms with Gasteiger partial charge in [-0.05, 0) is 103 Å². The molecular weight excluding hydrogens is 665 g/mol. The lowest BCUT2D eigenvalue weighted by atomic mass is 9.66. The molecule has 6 rings (SSSR count). The van der Waals surface area contributed by atoms with Crippen LogP contribution in [0.3, 0.4) is 0 Å². The van der Waals surface area contributed by atoms with Gasteiger partial charge in [-0.3, -0.25) is 0 Å². The van der Waals surface area contributed by atoms with Gasteiger partial charge in [0.25, 0.3) is 0 Å². The fourth-order valence-corrected chi connectivity index (χ4v) is 8.10. The molecule has 0 fully saturated rings. The zero-order valence-electron chi connectivity index (χ0n) is 33.2. The van der Waals surface area contributed by atoms with Crippen molar-refractivity contribution in [2.75, 3.05) is 9.80 Å². The molecule has 0 radical (unpaired) electrons. The molecule has 2 aliphatic rings. The molecule has 0 amide bonds. The molecule has 0 aromatic heterocycles. The average molecular weight is 719 g/mol. The van der Waals surface area contributed by atoms with E-state index >= 15 is 0 Å². The Morgan fingerprint density at radius 1 is 0.818 bits per heavy atom. The van der Waals surface area contributed by atoms with Gasteiger partial charge in [0, 0.05) is 51.1 Å². The predicted octanol–water partition coefficient (Wildman–Crippen LogP) is 14.3. The maximum absolute atomic E-state index is 4.49. The predicted molar refractivity (Wildman–Crippen MR) is 241 cm³/mol. The molecule has 0 bridgehead atoms. The number of rotatable bonds is 13. The van der Waals surface area contributed by atoms with Gasteiger partial charge in [0.05, 0.1) is 0 Å². The van der Waals surface area contributed by atoms with Crippen LogP contribution in [0.15, 0.2) is 206 Å². The molecule has 4 aromatic rings. The highest BCUT2D eigenvalue weighted by molar-refractivity contribution is 5.85. The van der Waals surface area contributed by atoms with E-state index in [2.05, 4.69) is 204 Å². The summed E-state index contributed by atoms with van der Waals surface area (Å²) in [6.45, 7) is 27.8. The van der Waals surface area contributed by atoms with Crippen molar-refractivity contribution in [3.63, 3.8) is 0 Å². The van der Waals surface area contributed by atoms with Gasteiger partial charge in [0.15, 0.2) is 0 Å². The van der Waals surface area contributed by atoms with Gasteiger partial charge in [-0.25, -0.2) is 0 Å². The lowest BCUT2D eigenvalue weighted by molar-refractivity contribution is 0.414. The first-order valence-corrected chi connectivity index (χ1v) is 19.3. The fourth-order valence-electron chi connectivity index (χ4n) is 8.10. The van der Waals surface area contributed by atoms with Gasteiger partial charge in [0.1, 0.15) is 0 Å². The number of fused-ring (bicyclic) bond motifs is 1. The minimum Gasteiger partial charge on any atom is -0.315 e. The fraction of sp³-hybridized carbons (Fsp3) is 0.170. The molecule has 276 valence electrons. The van der Waals surface area contributed by atoms with Gasteiger partial charge in [-0.1, -0.05) is 167 Å². The van der Waals surface area contributed by atoms with E-state index in [0.29, 0.717) is 0 Å². The van der Waals surface area contributed by atoms with Crippen molar-refractivity contribution in [1.82, 2.24) is 0 Å². The second-order valence-corrected chi connectivity index (χ2v) is 14.9. The van der Waals surface area contributed by atoms with Crippen molar-refractivity contribution < 1.29 is 0 Å². The van der Waals surface area contributed by atoms with E-state index in [0.717, 1.165) is 52.3 Å². The van der Waals surface area contributed by atoms with Crippen molar-refractivity contribution in [2.45, 2.75) is 52.9 Å². The van der Waals surface area contributed by atoms with Crippen molar-refractivity contribution in [2.24, 2.45) is 5.92 Å². The molecule has 1 unspecified atom stereocenters. The van der Waals surface area contributed by atoms with Gasteiger partial charge in [-0.15, -0.1) is 0 Å². The van der Waals surface area contributed by atoms with E-state index in [1.807, 2.05) is 24.3 Å². The standard InChI is InChI=1S/C53H54N2/c1-10-14-22-49-51(24-17-19-38(5)52(49)53(8,9)45-32-26-41(13-4)27-33-45)55(40(7)12-3)47-36-30-43(31-37-47)42-28-34-46(35-29-42)54(39(6)11-2)50-25-18-21-44-20-15-16-23-48(44)50/h10-17,19-20,22-37,52H,1,3-4,7,18,21H2,2,5-6,8-9H3/b22-14-,39-11+. The van der Waals surface area contributed by atoms with Crippen molar-refractivity contribution in [1.29, 1.82) is 0 Å². The van der Waals surface area contributed by atoms with E-state index in [1.165, 1.54) is 39.2 Å². The third-order valence-electron chi connectivity index (χ3n) is 11.1. The van der Waals surface area contributed by atoms with Gasteiger partial charge < -0.3 is 9.80 Å². The maximum atomic E-state index is 4.49. The summed E-state index contributed by atoms with van der Waals surface area (Å²) in [7, 11) is 0. The molecule has 2 heteroatoms. The first-order chi connectivity index (χ1) is 26.6. The van der Waals surface area contributed by atoms with Crippen LogP contribution < -0.4 is 9.80 Å². The van der Waals surface area contributed by atoms with E-state index < -0.39 is 0 Å². The highest BCUT2D eigenvalue weighted by atomic mass is 15.2. The SMILES string of the molecule is C=C/C=C\C1=C(N(C(=C)C=C)c2ccc(-c3ccc(N(C4=CCCc5ccccc54)/C(C)=C/C)cc3)cc2)C=CC=C(C)C1C(C)(C)c1ccc(C=C)cc1. The van der Waals surface area contributed by atoms with Crippen LogP contribution in [0.1, 0.15) is 63.3 Å². The van der Waals surface area contributed by atoms with Crippen molar-refractivity contribution >= 4 is 23.1 Å². The molecule has 0 aliphatic heterocycles. The summed E-state index contributed by atoms with van der Waals surface area (Å²) >= 11 is 0. The number of anilines is 2. The molecule has 4 aromatic carbocycles. The van der Waals surface area contributed by atoms with Crippen LogP contribution in [0.5, 0.6) is 0 Å². The summed E-state index contributed by atoms with van der Waals surface area (Å²) in [5.41, 5.74) is 16.1. The van der Waals surface area contributed by atoms with E-state index in [1.54, 1.807) is 0 Å². The number of hydrogen-bond acceptors (Lipinski definition) is 2. The number of aryl methyl sites for hydroxylation is 1. The van der Waals surface area contributed by atoms with Gasteiger partial charge >= 0.3 is 0 Å². The first kappa shape index (κ1) is 38.6. The average Bonchev–Trinajstić information content (AvgIpc) is 3.38. The van der Waals surface area contributed by atoms with Crippen LogP contribution in [0.25, 0.3) is 22.9 Å². The van der Waals surface area contributed by atoms with Crippen LogP contribution in [0.4, 0.5) is 11.4 Å². The molecule has 0 saturated carbocycles. The topological polar surface area (TPSA) is 6.48 Å². The summed E-state index contributed by atoms with van der Waals surface area (Å²) in [6, 6.07) is 35.3. The zero-order chi connectivity index (χ0) is 39.1. The lowest BCUT2D eigenvalue weighted by Gasteiger charge is -2.39. The number of benzene rings is 4. The first-order valence-electron chi connectivity index (χ1n) is 19.3. The minimum atomic E-state index is -0.243. The molecule has 0 heterocycles. The normalized spacial score (nSPS) is 15.8. The Hall–Kier alpha value is -6.12. The Morgan fingerprint density at radius 3 is 2.05 bits per heavy atom. The minimum absolute atomic E-state index is 0.0600. The molecular formula is C53H54N2. The second-order valence-electron chi connectivity index (χ2n) is 14.9. The third-order valence-corrected chi connectivity index (χ3v) is 11.1. The van der Waals surface area contributed by atoms with Crippen LogP contribution in [-0.4, -0.2) is 0 Å². The molecule has 0 N–H and O–H groups in total. The smallest absolute Gasteiger partial charge is 0.0499 e. The Kier molecular flexibility index (Phi) is 11.9. The molecule has 2 aliphatic carbocycles. The van der Waals surface area contributed by atoms with Crippen molar-refractivity contribution in [3.8, 4) is 11.1 Å². The highest BCUT2D eigenvalue weighted by Crippen LogP contribution is 2.45. The third kappa shape index (κ3) is 7.91. The number of hydrogen-bond donors (Lipinski definition) is 0. The summed E-state index contributed by atoms with van der Waals surface area (Å²) in [5, 5.41) is 0. The van der Waals surface area contributed by atoms with Crippen LogP contribution in [0.2, 0.25) is 0 Å². The van der Waals surface area contributed by atoms with Gasteiger partial charge in [0.2, 0.25) is 0 Å². The Labute approximate surface area is 330 Å². The second kappa shape index (κ2) is 16.9. The lowest BCUT2D eigenvalue weighted by Crippen LogP contribution is -2.33. The molecule has 0 spiro atoms. The molecule has 55 heavy (non-hydrogen) atoms. The van der Waals surface area contributed by atoms with Crippen LogP contribution >= 0.6 is 0 Å². The number of nitrogens with zero attached hydrogens (tertiary/aromatic N) is 2. The maximum Gasteiger partial charge on any atom is 0.0499 e. The van der Waals surface area contributed by atoms with E-state index in [9.17, 15) is 0 Å². The van der Waals surface area contributed by atoms with Crippen LogP contribution in [0, 0.1) is 5.92 Å². The summed E-state index contributed by atoms with van der Waals surface area (Å²) < 4.78 is 0. The Balaban J connectivity index is 1.37. The summed E-state index contributed by atoms with van der Waals surface area (Å²) in [6.07, 6.45) is 23.1. The highest BCUT2D eigenvalue weighted by Gasteiger charge is 2.37. The largest absolute Gasteiger partial charge is 0.315 e. The zero-order valence-corrected chi connectivity index (χ0v) is 33.2. The Morgan fingerprint density at radius 2 is 1.45 bits per heavy atom. The molecule has 1 atom stereocenters. The number of allylic oxidation sites excluding steroid dienone is 12. The summed E-state index contributed by atoms with van der Waals surface area (Å²) in [5.74, 6) is 0.0600. The van der Waals surface area contributed by atoms with E-state index in [4.69, 9.17) is 0 Å². The quantitative estimate of drug-likeness (QED) is 0.127.